The predicted molar refractivity (Wildman–Crippen MR) is 74.9 cm³/mol. The summed E-state index contributed by atoms with van der Waals surface area (Å²) in [5, 5.41) is 0. The Morgan fingerprint density at radius 1 is 1.38 bits per heavy atom. The molecule has 1 aromatic rings. The Morgan fingerprint density at radius 2 is 2.12 bits per heavy atom. The number of rotatable bonds is 3. The molecule has 0 N–H and O–H groups in total. The highest BCUT2D eigenvalue weighted by Gasteiger charge is 2.26. The average Bonchev–Trinajstić information content (AvgIpc) is 2.64. The van der Waals surface area contributed by atoms with Crippen LogP contribution >= 0.6 is 22.9 Å². The van der Waals surface area contributed by atoms with Crippen molar-refractivity contribution in [1.29, 1.82) is 0 Å². The topological polar surface area (TPSA) is 12.5 Å². The zero-order chi connectivity index (χ0) is 11.5. The molecule has 1 aromatic carbocycles. The standard InChI is InChI=1S/C13H18INO/c1-10(2)16-13-8-4-3-6-11(13)12-7-5-9-15(12)14/h3-4,6,8,10,12H,5,7,9H2,1-2H3. The van der Waals surface area contributed by atoms with E-state index in [0.717, 1.165) is 5.75 Å². The van der Waals surface area contributed by atoms with E-state index in [1.54, 1.807) is 0 Å². The van der Waals surface area contributed by atoms with E-state index in [0.29, 0.717) is 6.04 Å². The van der Waals surface area contributed by atoms with Crippen LogP contribution in [0.2, 0.25) is 0 Å². The lowest BCUT2D eigenvalue weighted by atomic mass is 10.0. The van der Waals surface area contributed by atoms with E-state index < -0.39 is 0 Å². The number of hydrogen-bond donors (Lipinski definition) is 0. The van der Waals surface area contributed by atoms with E-state index in [9.17, 15) is 0 Å². The second-order valence-electron chi connectivity index (χ2n) is 4.49. The van der Waals surface area contributed by atoms with Gasteiger partial charge in [0.05, 0.1) is 6.10 Å². The maximum atomic E-state index is 5.88. The van der Waals surface area contributed by atoms with Gasteiger partial charge in [0.15, 0.2) is 0 Å². The van der Waals surface area contributed by atoms with Crippen LogP contribution in [-0.4, -0.2) is 15.8 Å². The van der Waals surface area contributed by atoms with Gasteiger partial charge in [-0.25, -0.2) is 3.11 Å². The van der Waals surface area contributed by atoms with E-state index in [1.165, 1.54) is 24.9 Å². The number of halogens is 1. The van der Waals surface area contributed by atoms with Crippen LogP contribution in [0.3, 0.4) is 0 Å². The number of ether oxygens (including phenoxy) is 1. The molecule has 1 atom stereocenters. The lowest BCUT2D eigenvalue weighted by molar-refractivity contribution is 0.236. The summed E-state index contributed by atoms with van der Waals surface area (Å²) in [6.07, 6.45) is 2.76. The molecule has 0 spiro atoms. The molecule has 1 heterocycles. The first-order chi connectivity index (χ1) is 7.68. The summed E-state index contributed by atoms with van der Waals surface area (Å²) in [5.74, 6) is 1.05. The first-order valence-electron chi connectivity index (χ1n) is 5.86. The van der Waals surface area contributed by atoms with Gasteiger partial charge in [0.25, 0.3) is 0 Å². The van der Waals surface area contributed by atoms with E-state index in [2.05, 4.69) is 58.0 Å². The van der Waals surface area contributed by atoms with Gasteiger partial charge in [-0.3, -0.25) is 0 Å². The van der Waals surface area contributed by atoms with Gasteiger partial charge in [-0.05, 0) is 32.8 Å². The molecule has 1 aliphatic rings. The third-order valence-electron chi connectivity index (χ3n) is 2.83. The van der Waals surface area contributed by atoms with Crippen molar-refractivity contribution in [3.8, 4) is 5.75 Å². The fraction of sp³-hybridized carbons (Fsp3) is 0.538. The minimum atomic E-state index is 0.241. The van der Waals surface area contributed by atoms with Gasteiger partial charge >= 0.3 is 0 Å². The molecule has 2 nitrogen and oxygen atoms in total. The van der Waals surface area contributed by atoms with Crippen LogP contribution in [0.15, 0.2) is 24.3 Å². The normalized spacial score (nSPS) is 21.6. The second-order valence-corrected chi connectivity index (χ2v) is 5.73. The average molecular weight is 331 g/mol. The maximum Gasteiger partial charge on any atom is 0.124 e. The van der Waals surface area contributed by atoms with Gasteiger partial charge in [-0.1, -0.05) is 18.2 Å². The number of para-hydroxylation sites is 1. The van der Waals surface area contributed by atoms with Crippen LogP contribution < -0.4 is 4.74 Å². The second kappa shape index (κ2) is 5.36. The van der Waals surface area contributed by atoms with Crippen molar-refractivity contribution in [3.05, 3.63) is 29.8 Å². The molecule has 1 saturated heterocycles. The van der Waals surface area contributed by atoms with Crippen LogP contribution in [0.5, 0.6) is 5.75 Å². The quantitative estimate of drug-likeness (QED) is 0.614. The molecule has 1 aliphatic heterocycles. The molecule has 1 unspecified atom stereocenters. The molecule has 0 aromatic heterocycles. The highest BCUT2D eigenvalue weighted by molar-refractivity contribution is 14.1. The van der Waals surface area contributed by atoms with Gasteiger partial charge in [-0.2, -0.15) is 0 Å². The summed E-state index contributed by atoms with van der Waals surface area (Å²) in [7, 11) is 0. The summed E-state index contributed by atoms with van der Waals surface area (Å²) in [6.45, 7) is 5.34. The molecule has 0 aliphatic carbocycles. The van der Waals surface area contributed by atoms with Crippen LogP contribution in [-0.2, 0) is 0 Å². The minimum Gasteiger partial charge on any atom is -0.491 e. The molecular formula is C13H18INO. The Balaban J connectivity index is 2.25. The van der Waals surface area contributed by atoms with Gasteiger partial charge < -0.3 is 4.74 Å². The monoisotopic (exact) mass is 331 g/mol. The van der Waals surface area contributed by atoms with Crippen LogP contribution in [0.25, 0.3) is 0 Å². The summed E-state index contributed by atoms with van der Waals surface area (Å²) < 4.78 is 8.27. The molecule has 0 bridgehead atoms. The van der Waals surface area contributed by atoms with Crippen molar-refractivity contribution < 1.29 is 4.74 Å². The van der Waals surface area contributed by atoms with Crippen molar-refractivity contribution in [2.45, 2.75) is 38.8 Å². The smallest absolute Gasteiger partial charge is 0.124 e. The van der Waals surface area contributed by atoms with Crippen LogP contribution in [0.1, 0.15) is 38.3 Å². The molecule has 88 valence electrons. The predicted octanol–water partition coefficient (Wildman–Crippen LogP) is 3.96. The van der Waals surface area contributed by atoms with Crippen molar-refractivity contribution in [2.24, 2.45) is 0 Å². The first kappa shape index (κ1) is 12.2. The van der Waals surface area contributed by atoms with E-state index in [-0.39, 0.29) is 6.10 Å². The van der Waals surface area contributed by atoms with Gasteiger partial charge in [0, 0.05) is 41.0 Å². The molecule has 0 radical (unpaired) electrons. The van der Waals surface area contributed by atoms with Gasteiger partial charge in [0.1, 0.15) is 5.75 Å². The highest BCUT2D eigenvalue weighted by atomic mass is 127. The summed E-state index contributed by atoms with van der Waals surface area (Å²) >= 11 is 2.43. The van der Waals surface area contributed by atoms with Crippen molar-refractivity contribution in [3.63, 3.8) is 0 Å². The number of benzene rings is 1. The molecular weight excluding hydrogens is 313 g/mol. The van der Waals surface area contributed by atoms with Gasteiger partial charge in [-0.15, -0.1) is 0 Å². The molecule has 3 heteroatoms. The fourth-order valence-electron chi connectivity index (χ4n) is 2.16. The third-order valence-corrected chi connectivity index (χ3v) is 3.98. The van der Waals surface area contributed by atoms with Gasteiger partial charge in [0.2, 0.25) is 0 Å². The molecule has 0 amide bonds. The number of nitrogens with zero attached hydrogens (tertiary/aromatic N) is 1. The van der Waals surface area contributed by atoms with Crippen molar-refractivity contribution >= 4 is 22.9 Å². The van der Waals surface area contributed by atoms with E-state index in [1.807, 2.05) is 6.07 Å². The molecule has 16 heavy (non-hydrogen) atoms. The summed E-state index contributed by atoms with van der Waals surface area (Å²) in [4.78, 5) is 0. The summed E-state index contributed by atoms with van der Waals surface area (Å²) in [5.41, 5.74) is 1.34. The Hall–Kier alpha value is -0.290. The van der Waals surface area contributed by atoms with E-state index in [4.69, 9.17) is 4.74 Å². The van der Waals surface area contributed by atoms with Crippen molar-refractivity contribution in [2.75, 3.05) is 6.54 Å². The SMILES string of the molecule is CC(C)Oc1ccccc1C1CCCN1I. The Bertz CT molecular complexity index is 354. The maximum absolute atomic E-state index is 5.88. The fourth-order valence-corrected chi connectivity index (χ4v) is 3.07. The molecule has 2 rings (SSSR count). The Labute approximate surface area is 111 Å². The zero-order valence-corrected chi connectivity index (χ0v) is 12.0. The summed E-state index contributed by atoms with van der Waals surface area (Å²) in [6, 6.07) is 8.95. The molecule has 1 fully saturated rings. The first-order valence-corrected chi connectivity index (χ1v) is 6.83. The zero-order valence-electron chi connectivity index (χ0n) is 9.82. The lowest BCUT2D eigenvalue weighted by Crippen LogP contribution is -2.14. The highest BCUT2D eigenvalue weighted by Crippen LogP contribution is 2.39. The largest absolute Gasteiger partial charge is 0.491 e. The Kier molecular flexibility index (Phi) is 4.08. The van der Waals surface area contributed by atoms with Crippen molar-refractivity contribution in [1.82, 2.24) is 3.11 Å². The number of hydrogen-bond acceptors (Lipinski definition) is 2. The third kappa shape index (κ3) is 2.69. The van der Waals surface area contributed by atoms with E-state index >= 15 is 0 Å². The van der Waals surface area contributed by atoms with Crippen LogP contribution in [0, 0.1) is 0 Å². The van der Waals surface area contributed by atoms with Crippen LogP contribution in [0.4, 0.5) is 0 Å². The lowest BCUT2D eigenvalue weighted by Gasteiger charge is -2.22. The Morgan fingerprint density at radius 3 is 2.75 bits per heavy atom. The minimum absolute atomic E-state index is 0.241. The molecule has 0 saturated carbocycles.